The van der Waals surface area contributed by atoms with Gasteiger partial charge >= 0.3 is 5.97 Å². The fraction of sp³-hybridized carbons (Fsp3) is 0.217. The molecule has 7 nitrogen and oxygen atoms in total. The molecule has 1 aliphatic heterocycles. The number of esters is 1. The molecule has 0 radical (unpaired) electrons. The number of halogens is 1. The molecule has 0 bridgehead atoms. The van der Waals surface area contributed by atoms with Crippen LogP contribution >= 0.6 is 23.5 Å². The van der Waals surface area contributed by atoms with E-state index in [1.807, 2.05) is 0 Å². The topological polar surface area (TPSA) is 81.5 Å². The maximum absolute atomic E-state index is 14.6. The van der Waals surface area contributed by atoms with Gasteiger partial charge in [0.05, 0.1) is 40.1 Å². The smallest absolute Gasteiger partial charge is 0.333 e. The summed E-state index contributed by atoms with van der Waals surface area (Å²) >= 11 is 2.51. The Labute approximate surface area is 197 Å². The molecule has 10 heteroatoms. The largest absolute Gasteiger partial charge is 0.463 e. The van der Waals surface area contributed by atoms with Crippen LogP contribution in [0.1, 0.15) is 6.92 Å². The molecule has 1 aromatic heterocycles. The molecule has 1 aliphatic rings. The second kappa shape index (κ2) is 10.2. The van der Waals surface area contributed by atoms with E-state index in [0.717, 1.165) is 0 Å². The summed E-state index contributed by atoms with van der Waals surface area (Å²) in [6, 6.07) is 12.9. The first-order chi connectivity index (χ1) is 16.0. The third-order valence-corrected chi connectivity index (χ3v) is 6.77. The fourth-order valence-corrected chi connectivity index (χ4v) is 5.22. The molecule has 0 aliphatic carbocycles. The molecule has 0 unspecified atom stereocenters. The van der Waals surface area contributed by atoms with Gasteiger partial charge in [-0.1, -0.05) is 47.8 Å². The third kappa shape index (κ3) is 4.96. The van der Waals surface area contributed by atoms with Crippen molar-refractivity contribution < 1.29 is 18.7 Å². The molecule has 3 aromatic rings. The Bertz CT molecular complexity index is 1310. The van der Waals surface area contributed by atoms with E-state index >= 15 is 0 Å². The number of carbonyl (C=O) groups is 2. The highest BCUT2D eigenvalue weighted by Crippen LogP contribution is 2.30. The van der Waals surface area contributed by atoms with Crippen molar-refractivity contribution >= 4 is 46.3 Å². The minimum absolute atomic E-state index is 0.110. The van der Waals surface area contributed by atoms with E-state index in [-0.39, 0.29) is 29.5 Å². The number of rotatable bonds is 7. The van der Waals surface area contributed by atoms with Crippen LogP contribution < -0.4 is 5.56 Å². The third-order valence-electron chi connectivity index (χ3n) is 4.82. The molecule has 0 spiro atoms. The SMILES string of the molecule is CCOC(=O)C=C1SCC(=O)N1CCSc1nc2ccccc2c(=O)n1-c1ccccc1F. The van der Waals surface area contributed by atoms with Gasteiger partial charge < -0.3 is 9.64 Å². The second-order valence-corrected chi connectivity index (χ2v) is 8.98. The average Bonchev–Trinajstić information content (AvgIpc) is 3.14. The van der Waals surface area contributed by atoms with Crippen LogP contribution in [0.3, 0.4) is 0 Å². The van der Waals surface area contributed by atoms with Gasteiger partial charge in [0, 0.05) is 12.3 Å². The number of hydrogen-bond donors (Lipinski definition) is 0. The van der Waals surface area contributed by atoms with E-state index in [2.05, 4.69) is 4.98 Å². The number of para-hydroxylation sites is 2. The van der Waals surface area contributed by atoms with Crippen LogP contribution in [0.25, 0.3) is 16.6 Å². The Morgan fingerprint density at radius 2 is 1.97 bits per heavy atom. The van der Waals surface area contributed by atoms with Gasteiger partial charge in [0.25, 0.3) is 5.56 Å². The quantitative estimate of drug-likeness (QED) is 0.219. The maximum atomic E-state index is 14.6. The average molecular weight is 486 g/mol. The molecular formula is C23H20FN3O4S2. The Morgan fingerprint density at radius 1 is 1.21 bits per heavy atom. The van der Waals surface area contributed by atoms with Crippen LogP contribution in [0.5, 0.6) is 0 Å². The number of carbonyl (C=O) groups excluding carboxylic acids is 2. The molecule has 1 fully saturated rings. The minimum Gasteiger partial charge on any atom is -0.463 e. The Kier molecular flexibility index (Phi) is 7.14. The van der Waals surface area contributed by atoms with E-state index in [9.17, 15) is 18.8 Å². The van der Waals surface area contributed by atoms with Crippen molar-refractivity contribution in [2.45, 2.75) is 12.1 Å². The van der Waals surface area contributed by atoms with Crippen LogP contribution in [0.2, 0.25) is 0 Å². The van der Waals surface area contributed by atoms with Gasteiger partial charge in [-0.3, -0.25) is 14.2 Å². The van der Waals surface area contributed by atoms with Gasteiger partial charge in [-0.05, 0) is 31.2 Å². The summed E-state index contributed by atoms with van der Waals surface area (Å²) in [5.41, 5.74) is 0.246. The van der Waals surface area contributed by atoms with Crippen molar-refractivity contribution in [3.8, 4) is 5.69 Å². The summed E-state index contributed by atoms with van der Waals surface area (Å²) in [4.78, 5) is 43.4. The first-order valence-electron chi connectivity index (χ1n) is 10.2. The zero-order valence-corrected chi connectivity index (χ0v) is 19.3. The summed E-state index contributed by atoms with van der Waals surface area (Å²) < 4.78 is 20.8. The Morgan fingerprint density at radius 3 is 2.76 bits per heavy atom. The molecule has 1 saturated heterocycles. The number of amides is 1. The number of fused-ring (bicyclic) bond motifs is 1. The fourth-order valence-electron chi connectivity index (χ4n) is 3.34. The van der Waals surface area contributed by atoms with Crippen LogP contribution in [0.4, 0.5) is 4.39 Å². The van der Waals surface area contributed by atoms with Gasteiger partial charge in [-0.2, -0.15) is 0 Å². The number of nitrogens with zero attached hydrogens (tertiary/aromatic N) is 3. The molecule has 0 saturated carbocycles. The highest BCUT2D eigenvalue weighted by molar-refractivity contribution is 8.04. The highest BCUT2D eigenvalue weighted by atomic mass is 32.2. The lowest BCUT2D eigenvalue weighted by Crippen LogP contribution is -2.28. The lowest BCUT2D eigenvalue weighted by molar-refractivity contribution is -0.137. The zero-order chi connectivity index (χ0) is 23.4. The zero-order valence-electron chi connectivity index (χ0n) is 17.7. The predicted octanol–water partition coefficient (Wildman–Crippen LogP) is 3.60. The van der Waals surface area contributed by atoms with Crippen LogP contribution in [-0.4, -0.2) is 51.0 Å². The van der Waals surface area contributed by atoms with Crippen molar-refractivity contribution in [1.29, 1.82) is 0 Å². The number of aromatic nitrogens is 2. The normalized spacial score (nSPS) is 14.9. The van der Waals surface area contributed by atoms with Crippen LogP contribution in [0, 0.1) is 5.82 Å². The van der Waals surface area contributed by atoms with Crippen LogP contribution in [-0.2, 0) is 14.3 Å². The molecule has 0 atom stereocenters. The first-order valence-corrected chi connectivity index (χ1v) is 12.2. The molecule has 4 rings (SSSR count). The summed E-state index contributed by atoms with van der Waals surface area (Å²) in [5.74, 6) is -0.536. The summed E-state index contributed by atoms with van der Waals surface area (Å²) in [6.07, 6.45) is 1.31. The minimum atomic E-state index is -0.538. The van der Waals surface area contributed by atoms with Crippen LogP contribution in [0.15, 0.2) is 69.6 Å². The standard InChI is InChI=1S/C23H20FN3O4S2/c1-2-31-21(29)13-20-26(19(28)14-33-20)11-12-32-23-25-17-9-5-3-7-15(17)22(30)27(23)18-10-6-4-8-16(18)24/h3-10,13H,2,11-12,14H2,1H3. The van der Waals surface area contributed by atoms with Gasteiger partial charge in [0.15, 0.2) is 5.16 Å². The van der Waals surface area contributed by atoms with Crippen molar-refractivity contribution in [3.63, 3.8) is 0 Å². The van der Waals surface area contributed by atoms with Gasteiger partial charge in [0.2, 0.25) is 5.91 Å². The van der Waals surface area contributed by atoms with Crippen molar-refractivity contribution in [2.75, 3.05) is 24.7 Å². The number of ether oxygens (including phenoxy) is 1. The Balaban J connectivity index is 1.63. The van der Waals surface area contributed by atoms with E-state index in [1.54, 1.807) is 43.3 Å². The molecule has 33 heavy (non-hydrogen) atoms. The number of thioether (sulfide) groups is 2. The van der Waals surface area contributed by atoms with Crippen molar-refractivity contribution in [1.82, 2.24) is 14.5 Å². The summed E-state index contributed by atoms with van der Waals surface area (Å²) in [6.45, 7) is 2.25. The van der Waals surface area contributed by atoms with E-state index in [4.69, 9.17) is 4.74 Å². The Hall–Kier alpha value is -3.11. The van der Waals surface area contributed by atoms with Gasteiger partial charge in [0.1, 0.15) is 5.82 Å². The molecule has 0 N–H and O–H groups in total. The van der Waals surface area contributed by atoms with E-state index < -0.39 is 11.8 Å². The number of hydrogen-bond acceptors (Lipinski definition) is 7. The molecule has 170 valence electrons. The van der Waals surface area contributed by atoms with Crippen molar-refractivity contribution in [2.24, 2.45) is 0 Å². The molecular weight excluding hydrogens is 465 g/mol. The van der Waals surface area contributed by atoms with Gasteiger partial charge in [-0.15, -0.1) is 0 Å². The molecule has 1 amide bonds. The second-order valence-electron chi connectivity index (χ2n) is 6.92. The summed E-state index contributed by atoms with van der Waals surface area (Å²) in [5, 5.41) is 1.23. The van der Waals surface area contributed by atoms with E-state index in [0.29, 0.717) is 33.4 Å². The monoisotopic (exact) mass is 485 g/mol. The predicted molar refractivity (Wildman–Crippen MR) is 127 cm³/mol. The lowest BCUT2D eigenvalue weighted by atomic mass is 10.2. The molecule has 2 aromatic carbocycles. The number of benzene rings is 2. The maximum Gasteiger partial charge on any atom is 0.333 e. The summed E-state index contributed by atoms with van der Waals surface area (Å²) in [7, 11) is 0. The lowest BCUT2D eigenvalue weighted by Gasteiger charge is -2.18. The highest BCUT2D eigenvalue weighted by Gasteiger charge is 2.27. The van der Waals surface area contributed by atoms with E-state index in [1.165, 1.54) is 51.2 Å². The molecule has 2 heterocycles. The van der Waals surface area contributed by atoms with Crippen molar-refractivity contribution in [3.05, 3.63) is 75.8 Å². The van der Waals surface area contributed by atoms with Gasteiger partial charge in [-0.25, -0.2) is 14.2 Å². The first kappa shape index (κ1) is 23.1.